The van der Waals surface area contributed by atoms with Crippen molar-refractivity contribution in [3.8, 4) is 50.2 Å². The Hall–Kier alpha value is -8.40. The summed E-state index contributed by atoms with van der Waals surface area (Å²) in [6.07, 6.45) is 0. The average Bonchev–Trinajstić information content (AvgIpc) is 3.91. The topological polar surface area (TPSA) is 21.3 Å². The zero-order chi connectivity index (χ0) is 41.7. The lowest BCUT2D eigenvalue weighted by molar-refractivity contribution is 0.669. The van der Waals surface area contributed by atoms with Gasteiger partial charge >= 0.3 is 0 Å². The van der Waals surface area contributed by atoms with Crippen LogP contribution in [0.25, 0.3) is 93.9 Å². The molecule has 0 radical (unpaired) electrons. The molecular formula is C60H40N2O. The van der Waals surface area contributed by atoms with Crippen molar-refractivity contribution in [2.24, 2.45) is 0 Å². The van der Waals surface area contributed by atoms with Gasteiger partial charge in [0, 0.05) is 44.3 Å². The summed E-state index contributed by atoms with van der Waals surface area (Å²) in [5.41, 5.74) is 17.9. The van der Waals surface area contributed by atoms with E-state index in [4.69, 9.17) is 4.42 Å². The maximum atomic E-state index is 6.31. The molecule has 12 aromatic rings. The number of furan rings is 1. The van der Waals surface area contributed by atoms with Crippen LogP contribution in [0, 0.1) is 0 Å². The van der Waals surface area contributed by atoms with Crippen LogP contribution in [0.1, 0.15) is 0 Å². The average molecular weight is 805 g/mol. The molecule has 0 aliphatic carbocycles. The van der Waals surface area contributed by atoms with E-state index < -0.39 is 0 Å². The molecule has 0 aliphatic rings. The molecule has 10 aromatic carbocycles. The number of aromatic nitrogens is 1. The zero-order valence-electron chi connectivity index (χ0n) is 34.4. The summed E-state index contributed by atoms with van der Waals surface area (Å²) in [6.45, 7) is 0. The van der Waals surface area contributed by atoms with Crippen molar-refractivity contribution in [2.45, 2.75) is 0 Å². The second-order valence-corrected chi connectivity index (χ2v) is 16.1. The minimum Gasteiger partial charge on any atom is -0.456 e. The first-order chi connectivity index (χ1) is 31.2. The molecule has 0 saturated heterocycles. The van der Waals surface area contributed by atoms with E-state index in [1.54, 1.807) is 0 Å². The molecule has 2 heterocycles. The van der Waals surface area contributed by atoms with Crippen molar-refractivity contribution in [3.63, 3.8) is 0 Å². The van der Waals surface area contributed by atoms with Crippen LogP contribution in [0.3, 0.4) is 0 Å². The predicted octanol–water partition coefficient (Wildman–Crippen LogP) is 16.8. The first-order valence-corrected chi connectivity index (χ1v) is 21.5. The highest BCUT2D eigenvalue weighted by atomic mass is 16.3. The fourth-order valence-electron chi connectivity index (χ4n) is 9.39. The monoisotopic (exact) mass is 804 g/mol. The number of hydrogen-bond donors (Lipinski definition) is 0. The number of benzene rings is 10. The second kappa shape index (κ2) is 15.3. The predicted molar refractivity (Wildman–Crippen MR) is 264 cm³/mol. The fourth-order valence-corrected chi connectivity index (χ4v) is 9.39. The van der Waals surface area contributed by atoms with Gasteiger partial charge < -0.3 is 13.9 Å². The molecule has 12 rings (SSSR count). The lowest BCUT2D eigenvalue weighted by atomic mass is 9.98. The number of anilines is 3. The van der Waals surface area contributed by atoms with E-state index in [0.29, 0.717) is 0 Å². The van der Waals surface area contributed by atoms with Gasteiger partial charge in [-0.25, -0.2) is 0 Å². The third kappa shape index (κ3) is 6.46. The summed E-state index contributed by atoms with van der Waals surface area (Å²) in [4.78, 5) is 2.36. The van der Waals surface area contributed by atoms with Crippen LogP contribution < -0.4 is 4.90 Å². The lowest BCUT2D eigenvalue weighted by Crippen LogP contribution is -2.10. The quantitative estimate of drug-likeness (QED) is 0.153. The first kappa shape index (κ1) is 36.5. The number of hydrogen-bond acceptors (Lipinski definition) is 2. The van der Waals surface area contributed by atoms with Crippen LogP contribution in [0.2, 0.25) is 0 Å². The molecule has 3 nitrogen and oxygen atoms in total. The third-order valence-corrected chi connectivity index (χ3v) is 12.4. The smallest absolute Gasteiger partial charge is 0.136 e. The van der Waals surface area contributed by atoms with Crippen molar-refractivity contribution < 1.29 is 4.42 Å². The maximum absolute atomic E-state index is 6.31. The van der Waals surface area contributed by atoms with Gasteiger partial charge in [0.2, 0.25) is 0 Å². The summed E-state index contributed by atoms with van der Waals surface area (Å²) in [7, 11) is 0. The minimum atomic E-state index is 0.890. The Morgan fingerprint density at radius 2 is 0.778 bits per heavy atom. The van der Waals surface area contributed by atoms with Crippen molar-refractivity contribution in [2.75, 3.05) is 4.90 Å². The first-order valence-electron chi connectivity index (χ1n) is 21.5. The van der Waals surface area contributed by atoms with Gasteiger partial charge in [-0.1, -0.05) is 170 Å². The standard InChI is InChI=1S/C60H40N2O/c1-2-13-41(14-3-1)42-27-29-43(30-28-42)44-31-35-48(36-32-44)61(50-17-11-16-47(40-50)52-22-12-26-59-60(52)55-21-6-9-25-58(55)63-59)49-37-33-45(34-38-49)46-15-10-18-51(39-46)62-56-23-7-4-19-53(56)54-20-5-8-24-57(54)62/h1-40H. The van der Waals surface area contributed by atoms with E-state index in [-0.39, 0.29) is 0 Å². The van der Waals surface area contributed by atoms with Crippen LogP contribution >= 0.6 is 0 Å². The van der Waals surface area contributed by atoms with Crippen LogP contribution in [0.4, 0.5) is 17.1 Å². The summed E-state index contributed by atoms with van der Waals surface area (Å²) in [6, 6.07) is 87.1. The summed E-state index contributed by atoms with van der Waals surface area (Å²) >= 11 is 0. The van der Waals surface area contributed by atoms with Crippen molar-refractivity contribution >= 4 is 60.8 Å². The number of para-hydroxylation sites is 3. The molecule has 0 bridgehead atoms. The van der Waals surface area contributed by atoms with Gasteiger partial charge in [-0.15, -0.1) is 0 Å². The maximum Gasteiger partial charge on any atom is 0.136 e. The van der Waals surface area contributed by atoms with E-state index in [2.05, 4.69) is 240 Å². The van der Waals surface area contributed by atoms with Gasteiger partial charge in [0.15, 0.2) is 0 Å². The van der Waals surface area contributed by atoms with Gasteiger partial charge in [-0.3, -0.25) is 0 Å². The van der Waals surface area contributed by atoms with Gasteiger partial charge in [0.1, 0.15) is 11.2 Å². The van der Waals surface area contributed by atoms with Crippen LogP contribution in [0.5, 0.6) is 0 Å². The molecule has 2 aromatic heterocycles. The van der Waals surface area contributed by atoms with Crippen LogP contribution in [-0.2, 0) is 0 Å². The summed E-state index contributed by atoms with van der Waals surface area (Å²) < 4.78 is 8.69. The molecule has 0 aliphatic heterocycles. The second-order valence-electron chi connectivity index (χ2n) is 16.1. The Kier molecular flexibility index (Phi) is 8.83. The van der Waals surface area contributed by atoms with E-state index in [1.807, 2.05) is 12.1 Å². The molecule has 3 heteroatoms. The molecule has 0 amide bonds. The minimum absolute atomic E-state index is 0.890. The van der Waals surface area contributed by atoms with Crippen molar-refractivity contribution in [1.82, 2.24) is 4.57 Å². The largest absolute Gasteiger partial charge is 0.456 e. The Morgan fingerprint density at radius 3 is 1.44 bits per heavy atom. The molecule has 0 fully saturated rings. The lowest BCUT2D eigenvalue weighted by Gasteiger charge is -2.26. The van der Waals surface area contributed by atoms with E-state index >= 15 is 0 Å². The normalized spacial score (nSPS) is 11.5. The molecule has 296 valence electrons. The number of fused-ring (bicyclic) bond motifs is 6. The van der Waals surface area contributed by atoms with Crippen LogP contribution in [0.15, 0.2) is 247 Å². The number of rotatable bonds is 8. The molecule has 0 N–H and O–H groups in total. The van der Waals surface area contributed by atoms with Crippen molar-refractivity contribution in [3.05, 3.63) is 243 Å². The molecule has 0 saturated carbocycles. The van der Waals surface area contributed by atoms with Gasteiger partial charge in [-0.05, 0) is 117 Å². The third-order valence-electron chi connectivity index (χ3n) is 12.4. The van der Waals surface area contributed by atoms with E-state index in [1.165, 1.54) is 44.1 Å². The van der Waals surface area contributed by atoms with Gasteiger partial charge in [-0.2, -0.15) is 0 Å². The van der Waals surface area contributed by atoms with E-state index in [0.717, 1.165) is 66.9 Å². The Morgan fingerprint density at radius 1 is 0.302 bits per heavy atom. The molecule has 0 unspecified atom stereocenters. The van der Waals surface area contributed by atoms with Gasteiger partial charge in [0.05, 0.1) is 11.0 Å². The highest BCUT2D eigenvalue weighted by Gasteiger charge is 2.18. The number of nitrogens with zero attached hydrogens (tertiary/aromatic N) is 2. The van der Waals surface area contributed by atoms with Gasteiger partial charge in [0.25, 0.3) is 0 Å². The Bertz CT molecular complexity index is 3550. The Balaban J connectivity index is 0.937. The van der Waals surface area contributed by atoms with E-state index in [9.17, 15) is 0 Å². The Labute approximate surface area is 366 Å². The molecule has 0 spiro atoms. The van der Waals surface area contributed by atoms with Crippen molar-refractivity contribution in [1.29, 1.82) is 0 Å². The highest BCUT2D eigenvalue weighted by molar-refractivity contribution is 6.13. The molecule has 0 atom stereocenters. The van der Waals surface area contributed by atoms with Crippen LogP contribution in [-0.4, -0.2) is 4.57 Å². The fraction of sp³-hybridized carbons (Fsp3) is 0. The highest BCUT2D eigenvalue weighted by Crippen LogP contribution is 2.42. The molecular weight excluding hydrogens is 765 g/mol. The zero-order valence-corrected chi connectivity index (χ0v) is 34.4. The summed E-state index contributed by atoms with van der Waals surface area (Å²) in [5.74, 6) is 0. The summed E-state index contributed by atoms with van der Waals surface area (Å²) in [5, 5.41) is 4.77. The molecule has 63 heavy (non-hydrogen) atoms. The SMILES string of the molecule is c1ccc(-c2ccc(-c3ccc(N(c4ccc(-c5cccc(-n6c7ccccc7c7ccccc76)c5)cc4)c4cccc(-c5cccc6oc7ccccc7c56)c4)cc3)cc2)cc1.